The van der Waals surface area contributed by atoms with E-state index < -0.39 is 6.03 Å². The molecule has 0 aromatic carbocycles. The van der Waals surface area contributed by atoms with Gasteiger partial charge in [0.2, 0.25) is 5.91 Å². The van der Waals surface area contributed by atoms with E-state index in [0.29, 0.717) is 5.92 Å². The number of amides is 3. The van der Waals surface area contributed by atoms with E-state index in [1.54, 1.807) is 0 Å². The molecule has 3 amide bonds. The van der Waals surface area contributed by atoms with E-state index >= 15 is 0 Å². The Balaban J connectivity index is 2.27. The Morgan fingerprint density at radius 1 is 1.32 bits per heavy atom. The topological polar surface area (TPSA) is 73.5 Å². The van der Waals surface area contributed by atoms with E-state index in [2.05, 4.69) is 20.9 Å². The molecule has 1 atom stereocenters. The highest BCUT2D eigenvalue weighted by atomic mass is 16.2. The van der Waals surface area contributed by atoms with Crippen LogP contribution >= 0.6 is 0 Å². The highest BCUT2D eigenvalue weighted by Crippen LogP contribution is 2.14. The first-order valence-corrected chi connectivity index (χ1v) is 6.79. The Hall–Kier alpha value is -1.14. The van der Waals surface area contributed by atoms with E-state index in [1.807, 2.05) is 27.8 Å². The fourth-order valence-electron chi connectivity index (χ4n) is 2.25. The van der Waals surface area contributed by atoms with Gasteiger partial charge in [-0.25, -0.2) is 4.79 Å². The van der Waals surface area contributed by atoms with Crippen molar-refractivity contribution in [2.75, 3.05) is 33.2 Å². The summed E-state index contributed by atoms with van der Waals surface area (Å²) in [6.07, 6.45) is 1.10. The lowest BCUT2D eigenvalue weighted by molar-refractivity contribution is -0.120. The van der Waals surface area contributed by atoms with E-state index in [-0.39, 0.29) is 18.0 Å². The van der Waals surface area contributed by atoms with Crippen molar-refractivity contribution in [2.45, 2.75) is 32.7 Å². The van der Waals surface area contributed by atoms with Gasteiger partial charge in [0.15, 0.2) is 0 Å². The Morgan fingerprint density at radius 3 is 2.58 bits per heavy atom. The molecular formula is C13H26N4O2. The standard InChI is InChI=1S/C13H26N4O2/c1-13(2,3)16-12(19)15-11(18)9-17-6-5-10(8-17)7-14-4/h10,14H,5-9H2,1-4H3,(H2,15,16,18,19). The van der Waals surface area contributed by atoms with Crippen molar-refractivity contribution in [1.29, 1.82) is 0 Å². The van der Waals surface area contributed by atoms with Crippen LogP contribution in [0.4, 0.5) is 4.79 Å². The maximum Gasteiger partial charge on any atom is 0.321 e. The molecule has 0 aromatic rings. The van der Waals surface area contributed by atoms with Gasteiger partial charge in [-0.3, -0.25) is 15.0 Å². The number of carbonyl (C=O) groups excluding carboxylic acids is 2. The minimum Gasteiger partial charge on any atom is -0.333 e. The summed E-state index contributed by atoms with van der Waals surface area (Å²) in [5.74, 6) is 0.355. The van der Waals surface area contributed by atoms with E-state index in [1.165, 1.54) is 0 Å². The lowest BCUT2D eigenvalue weighted by Crippen LogP contribution is -2.50. The molecule has 6 nitrogen and oxygen atoms in total. The molecule has 1 aliphatic heterocycles. The number of nitrogens with one attached hydrogen (secondary N) is 3. The van der Waals surface area contributed by atoms with E-state index in [9.17, 15) is 9.59 Å². The van der Waals surface area contributed by atoms with Gasteiger partial charge in [0, 0.05) is 12.1 Å². The molecule has 0 spiro atoms. The van der Waals surface area contributed by atoms with Crippen molar-refractivity contribution >= 4 is 11.9 Å². The van der Waals surface area contributed by atoms with Gasteiger partial charge in [0.05, 0.1) is 6.54 Å². The molecule has 3 N–H and O–H groups in total. The van der Waals surface area contributed by atoms with Gasteiger partial charge in [0.1, 0.15) is 0 Å². The molecule has 1 saturated heterocycles. The highest BCUT2D eigenvalue weighted by Gasteiger charge is 2.24. The third kappa shape index (κ3) is 6.54. The number of hydrogen-bond acceptors (Lipinski definition) is 4. The maximum absolute atomic E-state index is 11.7. The van der Waals surface area contributed by atoms with Crippen molar-refractivity contribution in [2.24, 2.45) is 5.92 Å². The molecular weight excluding hydrogens is 244 g/mol. The zero-order valence-electron chi connectivity index (χ0n) is 12.4. The van der Waals surface area contributed by atoms with Crippen molar-refractivity contribution in [3.8, 4) is 0 Å². The summed E-state index contributed by atoms with van der Waals surface area (Å²) in [6.45, 7) is 8.72. The fourth-order valence-corrected chi connectivity index (χ4v) is 2.25. The molecule has 1 fully saturated rings. The molecule has 1 aliphatic rings. The molecule has 0 aliphatic carbocycles. The van der Waals surface area contributed by atoms with Gasteiger partial charge in [-0.2, -0.15) is 0 Å². The first kappa shape index (κ1) is 15.9. The minimum atomic E-state index is -0.427. The van der Waals surface area contributed by atoms with Crippen LogP contribution < -0.4 is 16.0 Å². The second-order valence-electron chi connectivity index (χ2n) is 6.20. The minimum absolute atomic E-state index is 0.244. The number of urea groups is 1. The lowest BCUT2D eigenvalue weighted by Gasteiger charge is -2.21. The average Bonchev–Trinajstić information content (AvgIpc) is 2.62. The zero-order valence-corrected chi connectivity index (χ0v) is 12.4. The van der Waals surface area contributed by atoms with Crippen LogP contribution in [0.1, 0.15) is 27.2 Å². The van der Waals surface area contributed by atoms with Crippen molar-refractivity contribution in [1.82, 2.24) is 20.9 Å². The highest BCUT2D eigenvalue weighted by molar-refractivity contribution is 5.95. The van der Waals surface area contributed by atoms with Gasteiger partial charge in [0.25, 0.3) is 0 Å². The summed E-state index contributed by atoms with van der Waals surface area (Å²) in [4.78, 5) is 25.4. The lowest BCUT2D eigenvalue weighted by atomic mass is 10.1. The third-order valence-electron chi connectivity index (χ3n) is 2.97. The second kappa shape index (κ2) is 6.86. The SMILES string of the molecule is CNCC1CCN(CC(=O)NC(=O)NC(C)(C)C)C1. The fraction of sp³-hybridized carbons (Fsp3) is 0.846. The number of nitrogens with zero attached hydrogens (tertiary/aromatic N) is 1. The van der Waals surface area contributed by atoms with Crippen LogP contribution in [0.15, 0.2) is 0 Å². The summed E-state index contributed by atoms with van der Waals surface area (Å²) >= 11 is 0. The maximum atomic E-state index is 11.7. The summed E-state index contributed by atoms with van der Waals surface area (Å²) in [7, 11) is 1.94. The van der Waals surface area contributed by atoms with Crippen LogP contribution in [0, 0.1) is 5.92 Å². The normalized spacial score (nSPS) is 20.3. The quantitative estimate of drug-likeness (QED) is 0.680. The molecule has 0 saturated carbocycles. The summed E-state index contributed by atoms with van der Waals surface area (Å²) < 4.78 is 0. The van der Waals surface area contributed by atoms with Crippen LogP contribution in [-0.2, 0) is 4.79 Å². The Kier molecular flexibility index (Phi) is 5.75. The predicted octanol–water partition coefficient (Wildman–Crippen LogP) is 0.152. The molecule has 1 rings (SSSR count). The number of rotatable bonds is 4. The molecule has 1 heterocycles. The number of imide groups is 1. The zero-order chi connectivity index (χ0) is 14.5. The van der Waals surface area contributed by atoms with Gasteiger partial charge < -0.3 is 10.6 Å². The summed E-state index contributed by atoms with van der Waals surface area (Å²) in [5, 5.41) is 8.22. The van der Waals surface area contributed by atoms with Gasteiger partial charge in [-0.15, -0.1) is 0 Å². The molecule has 0 aromatic heterocycles. The van der Waals surface area contributed by atoms with Crippen LogP contribution in [-0.4, -0.2) is 55.6 Å². The molecule has 110 valence electrons. The molecule has 19 heavy (non-hydrogen) atoms. The Morgan fingerprint density at radius 2 is 2.00 bits per heavy atom. The Bertz CT molecular complexity index is 325. The van der Waals surface area contributed by atoms with Crippen molar-refractivity contribution in [3.05, 3.63) is 0 Å². The summed E-state index contributed by atoms with van der Waals surface area (Å²) in [6, 6.07) is -0.427. The molecule has 0 bridgehead atoms. The third-order valence-corrected chi connectivity index (χ3v) is 2.97. The van der Waals surface area contributed by atoms with Gasteiger partial charge in [-0.1, -0.05) is 0 Å². The molecule has 0 radical (unpaired) electrons. The average molecular weight is 270 g/mol. The van der Waals surface area contributed by atoms with Crippen LogP contribution in [0.2, 0.25) is 0 Å². The smallest absolute Gasteiger partial charge is 0.321 e. The van der Waals surface area contributed by atoms with Gasteiger partial charge in [-0.05, 0) is 53.2 Å². The monoisotopic (exact) mass is 270 g/mol. The number of hydrogen-bond donors (Lipinski definition) is 3. The van der Waals surface area contributed by atoms with Crippen LogP contribution in [0.3, 0.4) is 0 Å². The summed E-state index contributed by atoms with van der Waals surface area (Å²) in [5.41, 5.74) is -0.337. The second-order valence-corrected chi connectivity index (χ2v) is 6.20. The van der Waals surface area contributed by atoms with E-state index in [0.717, 1.165) is 26.1 Å². The number of likely N-dealkylation sites (tertiary alicyclic amines) is 1. The van der Waals surface area contributed by atoms with Crippen molar-refractivity contribution in [3.63, 3.8) is 0 Å². The van der Waals surface area contributed by atoms with Crippen LogP contribution in [0.5, 0.6) is 0 Å². The predicted molar refractivity (Wildman–Crippen MR) is 74.9 cm³/mol. The van der Waals surface area contributed by atoms with E-state index in [4.69, 9.17) is 0 Å². The number of carbonyl (C=O) groups is 2. The van der Waals surface area contributed by atoms with Crippen LogP contribution in [0.25, 0.3) is 0 Å². The molecule has 6 heteroatoms. The van der Waals surface area contributed by atoms with Crippen molar-refractivity contribution < 1.29 is 9.59 Å². The Labute approximate surface area is 115 Å². The molecule has 1 unspecified atom stereocenters. The largest absolute Gasteiger partial charge is 0.333 e. The van der Waals surface area contributed by atoms with Gasteiger partial charge >= 0.3 is 6.03 Å². The first-order valence-electron chi connectivity index (χ1n) is 6.79. The first-order chi connectivity index (χ1) is 8.80.